The summed E-state index contributed by atoms with van der Waals surface area (Å²) in [5.74, 6) is -1.64. The van der Waals surface area contributed by atoms with E-state index in [2.05, 4.69) is 25.4 Å². The van der Waals surface area contributed by atoms with E-state index in [0.29, 0.717) is 0 Å². The van der Waals surface area contributed by atoms with Gasteiger partial charge in [0.25, 0.3) is 0 Å². The average molecular weight is 443 g/mol. The lowest BCUT2D eigenvalue weighted by Gasteiger charge is -2.28. The van der Waals surface area contributed by atoms with Crippen molar-refractivity contribution < 1.29 is 13.9 Å². The summed E-state index contributed by atoms with van der Waals surface area (Å²) in [7, 11) is 0. The molecule has 4 rings (SSSR count). The molecule has 1 atom stereocenters. The number of nitrogens with zero attached hydrogens (tertiary/aromatic N) is 6. The zero-order valence-electron chi connectivity index (χ0n) is 15.8. The van der Waals surface area contributed by atoms with Gasteiger partial charge in [0.05, 0.1) is 6.20 Å². The summed E-state index contributed by atoms with van der Waals surface area (Å²) in [6.45, 7) is 1.32. The van der Waals surface area contributed by atoms with Gasteiger partial charge in [-0.05, 0) is 31.2 Å². The molecular formula is C19H13ClF2N8O. The third-order valence-corrected chi connectivity index (χ3v) is 4.77. The number of rotatable bonds is 4. The van der Waals surface area contributed by atoms with Crippen LogP contribution in [-0.4, -0.2) is 29.7 Å². The number of nitrogens with two attached hydrogens (primary N) is 1. The van der Waals surface area contributed by atoms with Crippen LogP contribution in [0.4, 0.5) is 20.4 Å². The molecule has 0 unspecified atom stereocenters. The van der Waals surface area contributed by atoms with Crippen molar-refractivity contribution >= 4 is 28.9 Å². The molecule has 156 valence electrons. The number of hydrogen-bond acceptors (Lipinski definition) is 8. The van der Waals surface area contributed by atoms with Gasteiger partial charge in [0.15, 0.2) is 22.3 Å². The molecule has 0 aliphatic heterocycles. The van der Waals surface area contributed by atoms with Crippen LogP contribution in [0.5, 0.6) is 0 Å². The van der Waals surface area contributed by atoms with Crippen molar-refractivity contribution in [3.05, 3.63) is 64.7 Å². The summed E-state index contributed by atoms with van der Waals surface area (Å²) in [4.78, 5) is 11.8. The molecule has 4 aromatic rings. The van der Waals surface area contributed by atoms with Crippen LogP contribution in [-0.2, 0) is 5.72 Å². The highest BCUT2D eigenvalue weighted by molar-refractivity contribution is 6.29. The minimum absolute atomic E-state index is 0.0211. The second-order valence-electron chi connectivity index (χ2n) is 6.67. The van der Waals surface area contributed by atoms with Crippen LogP contribution < -0.4 is 11.1 Å². The van der Waals surface area contributed by atoms with Gasteiger partial charge in [-0.1, -0.05) is 11.6 Å². The first-order chi connectivity index (χ1) is 14.7. The number of hydrogen-bond donors (Lipinski definition) is 3. The van der Waals surface area contributed by atoms with E-state index in [1.54, 1.807) is 0 Å². The number of fused-ring (bicyclic) bond motifs is 1. The number of aromatic nitrogens is 5. The summed E-state index contributed by atoms with van der Waals surface area (Å²) in [5, 5.41) is 27.7. The van der Waals surface area contributed by atoms with Crippen molar-refractivity contribution in [3.8, 4) is 17.3 Å². The summed E-state index contributed by atoms with van der Waals surface area (Å²) < 4.78 is 29.7. The van der Waals surface area contributed by atoms with Gasteiger partial charge in [-0.3, -0.25) is 0 Å². The zero-order chi connectivity index (χ0) is 22.3. The number of imidazole rings is 1. The maximum Gasteiger partial charge on any atom is 0.162 e. The van der Waals surface area contributed by atoms with E-state index in [4.69, 9.17) is 17.3 Å². The molecule has 4 N–H and O–H groups in total. The first-order valence-corrected chi connectivity index (χ1v) is 9.10. The molecule has 3 aromatic heterocycles. The van der Waals surface area contributed by atoms with Gasteiger partial charge in [-0.15, -0.1) is 0 Å². The summed E-state index contributed by atoms with van der Waals surface area (Å²) >= 11 is 6.08. The standard InChI is InChI=1S/C19H13ClF2N8O/c1-19(31,28-18-11(6-23)17(24)26-8-27-18)12-5-15-25-7-14(20)30(15)29-16(12)10-4-9(21)2-3-13(10)22/h2-5,7-8,31H,1H3,(H3,24,26,27,28)/t19-/m1/s1. The molecule has 31 heavy (non-hydrogen) atoms. The Morgan fingerprint density at radius 3 is 2.77 bits per heavy atom. The Hall–Kier alpha value is -3.88. The van der Waals surface area contributed by atoms with Crippen LogP contribution >= 0.6 is 11.6 Å². The lowest BCUT2D eigenvalue weighted by molar-refractivity contribution is 0.0884. The van der Waals surface area contributed by atoms with Crippen molar-refractivity contribution in [3.63, 3.8) is 0 Å². The lowest BCUT2D eigenvalue weighted by Crippen LogP contribution is -2.33. The van der Waals surface area contributed by atoms with Gasteiger partial charge < -0.3 is 16.2 Å². The Morgan fingerprint density at radius 1 is 1.26 bits per heavy atom. The highest BCUT2D eigenvalue weighted by Crippen LogP contribution is 2.34. The second kappa shape index (κ2) is 7.42. The van der Waals surface area contributed by atoms with Gasteiger partial charge in [0.1, 0.15) is 41.1 Å². The number of nitrogens with one attached hydrogen (secondary N) is 1. The van der Waals surface area contributed by atoms with E-state index in [9.17, 15) is 19.1 Å². The maximum absolute atomic E-state index is 14.6. The fraction of sp³-hybridized carbons (Fsp3) is 0.105. The second-order valence-corrected chi connectivity index (χ2v) is 7.06. The van der Waals surface area contributed by atoms with E-state index >= 15 is 0 Å². The van der Waals surface area contributed by atoms with E-state index in [-0.39, 0.29) is 44.8 Å². The Bertz CT molecular complexity index is 1370. The van der Waals surface area contributed by atoms with Crippen LogP contribution in [0.3, 0.4) is 0 Å². The monoisotopic (exact) mass is 442 g/mol. The van der Waals surface area contributed by atoms with Crippen LogP contribution in [0, 0.1) is 23.0 Å². The van der Waals surface area contributed by atoms with Crippen LogP contribution in [0.25, 0.3) is 16.9 Å². The Kier molecular flexibility index (Phi) is 4.88. The first kappa shape index (κ1) is 20.4. The third kappa shape index (κ3) is 3.58. The highest BCUT2D eigenvalue weighted by atomic mass is 35.5. The molecule has 0 fully saturated rings. The highest BCUT2D eigenvalue weighted by Gasteiger charge is 2.31. The van der Waals surface area contributed by atoms with Gasteiger partial charge in [0.2, 0.25) is 0 Å². The predicted octanol–water partition coefficient (Wildman–Crippen LogP) is 2.85. The molecule has 0 saturated heterocycles. The number of halogens is 3. The summed E-state index contributed by atoms with van der Waals surface area (Å²) in [6.07, 6.45) is 2.43. The molecular weight excluding hydrogens is 430 g/mol. The predicted molar refractivity (Wildman–Crippen MR) is 108 cm³/mol. The van der Waals surface area contributed by atoms with Crippen molar-refractivity contribution in [1.29, 1.82) is 5.26 Å². The number of benzene rings is 1. The average Bonchev–Trinajstić information content (AvgIpc) is 3.09. The normalized spacial score (nSPS) is 13.0. The maximum atomic E-state index is 14.6. The topological polar surface area (TPSA) is 138 Å². The van der Waals surface area contributed by atoms with Gasteiger partial charge in [0, 0.05) is 11.1 Å². The van der Waals surface area contributed by atoms with E-state index in [0.717, 1.165) is 24.5 Å². The Morgan fingerprint density at radius 2 is 2.03 bits per heavy atom. The molecule has 0 amide bonds. The lowest BCUT2D eigenvalue weighted by atomic mass is 9.98. The minimum atomic E-state index is -1.98. The SMILES string of the molecule is C[C@](O)(Nc1ncnc(N)c1C#N)c1cc2ncc(Cl)n2nc1-c1cc(F)ccc1F. The molecule has 0 radical (unpaired) electrons. The Labute approximate surface area is 178 Å². The number of nitrogen functional groups attached to an aromatic ring is 1. The fourth-order valence-corrected chi connectivity index (χ4v) is 3.21. The molecule has 0 saturated carbocycles. The molecule has 3 heterocycles. The quantitative estimate of drug-likeness (QED) is 0.410. The molecule has 0 spiro atoms. The first-order valence-electron chi connectivity index (χ1n) is 8.72. The number of anilines is 2. The van der Waals surface area contributed by atoms with Gasteiger partial charge in [-0.2, -0.15) is 10.4 Å². The molecule has 0 bridgehead atoms. The van der Waals surface area contributed by atoms with Crippen LogP contribution in [0.15, 0.2) is 36.8 Å². The van der Waals surface area contributed by atoms with E-state index in [1.165, 1.54) is 23.7 Å². The van der Waals surface area contributed by atoms with Crippen LogP contribution in [0.2, 0.25) is 5.15 Å². The third-order valence-electron chi connectivity index (χ3n) is 4.51. The van der Waals surface area contributed by atoms with Gasteiger partial charge >= 0.3 is 0 Å². The molecule has 0 aliphatic carbocycles. The fourth-order valence-electron chi connectivity index (χ4n) is 3.04. The zero-order valence-corrected chi connectivity index (χ0v) is 16.6. The van der Waals surface area contributed by atoms with Crippen LogP contribution in [0.1, 0.15) is 18.1 Å². The summed E-state index contributed by atoms with van der Waals surface area (Å²) in [5.41, 5.74) is 3.56. The smallest absolute Gasteiger partial charge is 0.162 e. The van der Waals surface area contributed by atoms with E-state index in [1.807, 2.05) is 6.07 Å². The number of aliphatic hydroxyl groups is 1. The molecule has 9 nitrogen and oxygen atoms in total. The van der Waals surface area contributed by atoms with Crippen molar-refractivity contribution in [2.24, 2.45) is 0 Å². The van der Waals surface area contributed by atoms with Gasteiger partial charge in [-0.25, -0.2) is 28.2 Å². The molecule has 0 aliphatic rings. The van der Waals surface area contributed by atoms with E-state index < -0.39 is 17.4 Å². The van der Waals surface area contributed by atoms with Crippen molar-refractivity contribution in [1.82, 2.24) is 24.6 Å². The Balaban J connectivity index is 1.95. The molecule has 1 aromatic carbocycles. The number of nitriles is 1. The largest absolute Gasteiger partial charge is 0.382 e. The van der Waals surface area contributed by atoms with Crippen molar-refractivity contribution in [2.75, 3.05) is 11.1 Å². The minimum Gasteiger partial charge on any atom is -0.382 e. The van der Waals surface area contributed by atoms with Crippen molar-refractivity contribution in [2.45, 2.75) is 12.6 Å². The molecule has 12 heteroatoms. The summed E-state index contributed by atoms with van der Waals surface area (Å²) in [6, 6.07) is 6.10.